The van der Waals surface area contributed by atoms with E-state index in [9.17, 15) is 5.11 Å². The van der Waals surface area contributed by atoms with Crippen LogP contribution in [0, 0.1) is 13.8 Å². The molecule has 1 aromatic carbocycles. The second-order valence-corrected chi connectivity index (χ2v) is 7.64. The molecule has 0 spiro atoms. The summed E-state index contributed by atoms with van der Waals surface area (Å²) >= 11 is 0. The molecule has 0 saturated carbocycles. The summed E-state index contributed by atoms with van der Waals surface area (Å²) in [7, 11) is 0. The maximum Gasteiger partial charge on any atom is 0.183 e. The van der Waals surface area contributed by atoms with Gasteiger partial charge in [0, 0.05) is 23.9 Å². The number of fused-ring (bicyclic) bond motifs is 2. The molecule has 2 bridgehead atoms. The summed E-state index contributed by atoms with van der Waals surface area (Å²) in [5.41, 5.74) is 3.90. The highest BCUT2D eigenvalue weighted by Gasteiger charge is 2.51. The minimum absolute atomic E-state index is 0.212. The molecular weight excluding hydrogens is 372 g/mol. The van der Waals surface area contributed by atoms with Crippen LogP contribution in [-0.4, -0.2) is 51.2 Å². The van der Waals surface area contributed by atoms with Gasteiger partial charge < -0.3 is 24.4 Å². The van der Waals surface area contributed by atoms with Gasteiger partial charge in [0.05, 0.1) is 30.6 Å². The summed E-state index contributed by atoms with van der Waals surface area (Å²) in [6.45, 7) is 4.77. The zero-order chi connectivity index (χ0) is 20.0. The molecule has 0 unspecified atom stereocenters. The van der Waals surface area contributed by atoms with Crippen molar-refractivity contribution in [3.05, 3.63) is 59.7 Å². The largest absolute Gasteiger partial charge is 0.389 e. The van der Waals surface area contributed by atoms with E-state index in [0.717, 1.165) is 28.1 Å². The highest BCUT2D eigenvalue weighted by molar-refractivity contribution is 5.61. The number of nitrogens with one attached hydrogen (secondary N) is 1. The lowest BCUT2D eigenvalue weighted by molar-refractivity contribution is -0.168. The molecule has 2 fully saturated rings. The minimum atomic E-state index is -0.717. The summed E-state index contributed by atoms with van der Waals surface area (Å²) in [6.07, 6.45) is 2.28. The predicted octanol–water partition coefficient (Wildman–Crippen LogP) is 1.97. The zero-order valence-electron chi connectivity index (χ0n) is 16.4. The van der Waals surface area contributed by atoms with Gasteiger partial charge in [0.2, 0.25) is 0 Å². The maximum atomic E-state index is 11.2. The third kappa shape index (κ3) is 3.28. The number of aryl methyl sites for hydroxylation is 2. The first-order chi connectivity index (χ1) is 14.1. The standard InChI is InChI=1S/C21H24N4O4/c1-12-16(13(2)29-24-12)9-22-18-17-11-27-21(28-17)19(20(18)26)25-10-15(8-23-25)14-6-4-3-5-7-14/h3-8,10,17-22,26H,9,11H2,1-2H3/t17-,18-,19-,20+,21-/m1/s1. The van der Waals surface area contributed by atoms with Crippen molar-refractivity contribution in [2.75, 3.05) is 6.61 Å². The summed E-state index contributed by atoms with van der Waals surface area (Å²) in [5, 5.41) is 23.1. The third-order valence-corrected chi connectivity index (χ3v) is 5.84. The number of ether oxygens (including phenoxy) is 2. The highest BCUT2D eigenvalue weighted by atomic mass is 16.7. The van der Waals surface area contributed by atoms with Crippen molar-refractivity contribution in [1.29, 1.82) is 0 Å². The van der Waals surface area contributed by atoms with E-state index >= 15 is 0 Å². The molecule has 5 rings (SSSR count). The second-order valence-electron chi connectivity index (χ2n) is 7.64. The summed E-state index contributed by atoms with van der Waals surface area (Å²) in [6, 6.07) is 9.30. The Morgan fingerprint density at radius 3 is 2.79 bits per heavy atom. The maximum absolute atomic E-state index is 11.2. The minimum Gasteiger partial charge on any atom is -0.389 e. The summed E-state index contributed by atoms with van der Waals surface area (Å²) in [4.78, 5) is 0. The fraction of sp³-hybridized carbons (Fsp3) is 0.429. The molecule has 8 heteroatoms. The number of nitrogens with zero attached hydrogens (tertiary/aromatic N) is 3. The third-order valence-electron chi connectivity index (χ3n) is 5.84. The first-order valence-electron chi connectivity index (χ1n) is 9.81. The quantitative estimate of drug-likeness (QED) is 0.681. The molecule has 0 amide bonds. The van der Waals surface area contributed by atoms with Crippen LogP contribution in [0.25, 0.3) is 11.1 Å². The van der Waals surface area contributed by atoms with Crippen LogP contribution in [0.1, 0.15) is 23.1 Å². The van der Waals surface area contributed by atoms with E-state index in [0.29, 0.717) is 13.2 Å². The average molecular weight is 396 g/mol. The molecular formula is C21H24N4O4. The van der Waals surface area contributed by atoms with E-state index in [1.54, 1.807) is 10.9 Å². The molecule has 29 heavy (non-hydrogen) atoms. The monoisotopic (exact) mass is 396 g/mol. The molecule has 5 atom stereocenters. The van der Waals surface area contributed by atoms with Gasteiger partial charge in [-0.05, 0) is 19.4 Å². The van der Waals surface area contributed by atoms with Gasteiger partial charge in [0.15, 0.2) is 6.29 Å². The molecule has 2 aliphatic heterocycles. The molecule has 2 aliphatic rings. The fourth-order valence-corrected chi connectivity index (χ4v) is 4.19. The Kier molecular flexibility index (Phi) is 4.71. The van der Waals surface area contributed by atoms with Crippen LogP contribution in [-0.2, 0) is 16.0 Å². The van der Waals surface area contributed by atoms with Gasteiger partial charge in [-0.25, -0.2) is 0 Å². The topological polar surface area (TPSA) is 94.6 Å². The first-order valence-corrected chi connectivity index (χ1v) is 9.81. The number of benzene rings is 1. The van der Waals surface area contributed by atoms with Crippen molar-refractivity contribution in [2.45, 2.75) is 51.0 Å². The van der Waals surface area contributed by atoms with E-state index in [4.69, 9.17) is 14.0 Å². The van der Waals surface area contributed by atoms with Crippen LogP contribution in [0.2, 0.25) is 0 Å². The van der Waals surface area contributed by atoms with Crippen molar-refractivity contribution < 1.29 is 19.1 Å². The normalized spacial score (nSPS) is 28.7. The Hall–Kier alpha value is -2.52. The van der Waals surface area contributed by atoms with Crippen LogP contribution in [0.4, 0.5) is 0 Å². The Morgan fingerprint density at radius 2 is 2.03 bits per heavy atom. The number of aliphatic hydroxyl groups is 1. The smallest absolute Gasteiger partial charge is 0.183 e. The summed E-state index contributed by atoms with van der Waals surface area (Å²) in [5.74, 6) is 0.776. The van der Waals surface area contributed by atoms with Crippen molar-refractivity contribution in [3.63, 3.8) is 0 Å². The number of hydrogen-bond acceptors (Lipinski definition) is 7. The Bertz CT molecular complexity index is 966. The second kappa shape index (κ2) is 7.38. The fourth-order valence-electron chi connectivity index (χ4n) is 4.19. The van der Waals surface area contributed by atoms with Crippen molar-refractivity contribution >= 4 is 0 Å². The van der Waals surface area contributed by atoms with Crippen LogP contribution in [0.3, 0.4) is 0 Å². The van der Waals surface area contributed by atoms with E-state index < -0.39 is 18.4 Å². The highest BCUT2D eigenvalue weighted by Crippen LogP contribution is 2.36. The van der Waals surface area contributed by atoms with Gasteiger partial charge in [-0.15, -0.1) is 0 Å². The van der Waals surface area contributed by atoms with Crippen molar-refractivity contribution in [1.82, 2.24) is 20.3 Å². The molecule has 3 aromatic rings. The predicted molar refractivity (Wildman–Crippen MR) is 104 cm³/mol. The molecule has 0 aliphatic carbocycles. The van der Waals surface area contributed by atoms with Gasteiger partial charge in [0.25, 0.3) is 0 Å². The number of aromatic nitrogens is 3. The zero-order valence-corrected chi connectivity index (χ0v) is 16.4. The molecule has 152 valence electrons. The van der Waals surface area contributed by atoms with Gasteiger partial charge in [-0.2, -0.15) is 5.10 Å². The lowest BCUT2D eigenvalue weighted by Gasteiger charge is -2.38. The van der Waals surface area contributed by atoms with Crippen molar-refractivity contribution in [3.8, 4) is 11.1 Å². The number of aliphatic hydroxyl groups excluding tert-OH is 1. The Labute approximate surface area is 168 Å². The van der Waals surface area contributed by atoms with Gasteiger partial charge >= 0.3 is 0 Å². The molecule has 4 heterocycles. The number of hydrogen-bond donors (Lipinski definition) is 2. The van der Waals surface area contributed by atoms with E-state index in [1.165, 1.54) is 0 Å². The lowest BCUT2D eigenvalue weighted by atomic mass is 9.95. The van der Waals surface area contributed by atoms with Crippen LogP contribution >= 0.6 is 0 Å². The van der Waals surface area contributed by atoms with E-state index in [-0.39, 0.29) is 12.1 Å². The SMILES string of the molecule is Cc1noc(C)c1CN[C@H]1[C@H](O)[C@@H](n2cc(-c3ccccc3)cn2)[C@@H]2OC[C@H]1O2. The lowest BCUT2D eigenvalue weighted by Crippen LogP contribution is -2.57. The van der Waals surface area contributed by atoms with Crippen LogP contribution in [0.15, 0.2) is 47.2 Å². The Morgan fingerprint density at radius 1 is 1.21 bits per heavy atom. The van der Waals surface area contributed by atoms with Crippen molar-refractivity contribution in [2.24, 2.45) is 0 Å². The van der Waals surface area contributed by atoms with Gasteiger partial charge in [0.1, 0.15) is 17.9 Å². The molecule has 2 saturated heterocycles. The van der Waals surface area contributed by atoms with Crippen LogP contribution in [0.5, 0.6) is 0 Å². The van der Waals surface area contributed by atoms with Crippen LogP contribution < -0.4 is 5.32 Å². The molecule has 2 N–H and O–H groups in total. The first kappa shape index (κ1) is 18.5. The van der Waals surface area contributed by atoms with Gasteiger partial charge in [-0.1, -0.05) is 35.5 Å². The Balaban J connectivity index is 1.37. The van der Waals surface area contributed by atoms with E-state index in [1.807, 2.05) is 50.4 Å². The van der Waals surface area contributed by atoms with E-state index in [2.05, 4.69) is 15.6 Å². The summed E-state index contributed by atoms with van der Waals surface area (Å²) < 4.78 is 18.9. The molecule has 8 nitrogen and oxygen atoms in total. The molecule has 0 radical (unpaired) electrons. The average Bonchev–Trinajstić information content (AvgIpc) is 3.45. The number of rotatable bonds is 5. The molecule has 2 aromatic heterocycles. The van der Waals surface area contributed by atoms with Gasteiger partial charge in [-0.3, -0.25) is 4.68 Å².